The Morgan fingerprint density at radius 3 is 1.74 bits per heavy atom. The number of hydrogen-bond acceptors (Lipinski definition) is 4. The smallest absolute Gasteiger partial charge is 0.336 e. The molecule has 0 aliphatic heterocycles. The molecule has 136 valence electrons. The summed E-state index contributed by atoms with van der Waals surface area (Å²) in [4.78, 5) is 22.7. The molecule has 0 rings (SSSR count). The molecule has 2 unspecified atom stereocenters. The maximum Gasteiger partial charge on any atom is 0.336 e. The van der Waals surface area contributed by atoms with E-state index in [-0.39, 0.29) is 6.42 Å². The van der Waals surface area contributed by atoms with Gasteiger partial charge in [0.05, 0.1) is 0 Å². The fourth-order valence-corrected chi connectivity index (χ4v) is 2.61. The number of Topliss-reactive ketones (excluding diaryl/α,β-unsaturated/α-hetero) is 1. The minimum atomic E-state index is -2.05. The van der Waals surface area contributed by atoms with Crippen molar-refractivity contribution in [1.82, 2.24) is 0 Å². The first kappa shape index (κ1) is 22.1. The van der Waals surface area contributed by atoms with Gasteiger partial charge in [-0.05, 0) is 19.8 Å². The number of carbonyl (C=O) groups excluding carboxylic acids is 1. The summed E-state index contributed by atoms with van der Waals surface area (Å²) in [5.74, 6) is -2.02. The van der Waals surface area contributed by atoms with Crippen LogP contribution in [0.5, 0.6) is 0 Å². The van der Waals surface area contributed by atoms with Crippen LogP contribution in [0.4, 0.5) is 0 Å². The Labute approximate surface area is 140 Å². The first-order chi connectivity index (χ1) is 10.8. The second-order valence-electron chi connectivity index (χ2n) is 6.59. The molecule has 0 fully saturated rings. The van der Waals surface area contributed by atoms with Crippen molar-refractivity contribution in [3.05, 3.63) is 0 Å². The van der Waals surface area contributed by atoms with Gasteiger partial charge < -0.3 is 15.3 Å². The lowest BCUT2D eigenvalue weighted by Crippen LogP contribution is -2.42. The predicted octanol–water partition coefficient (Wildman–Crippen LogP) is 3.45. The van der Waals surface area contributed by atoms with Crippen molar-refractivity contribution in [3.8, 4) is 0 Å². The van der Waals surface area contributed by atoms with E-state index in [1.165, 1.54) is 45.4 Å². The van der Waals surface area contributed by atoms with Crippen molar-refractivity contribution in [1.29, 1.82) is 0 Å². The quantitative estimate of drug-likeness (QED) is 0.400. The molecular formula is C18H34O5. The molecule has 0 heterocycles. The van der Waals surface area contributed by atoms with Crippen LogP contribution in [0, 0.1) is 0 Å². The van der Waals surface area contributed by atoms with Gasteiger partial charge in [-0.2, -0.15) is 0 Å². The minimum Gasteiger partial charge on any atom is -0.479 e. The van der Waals surface area contributed by atoms with Gasteiger partial charge in [-0.3, -0.25) is 4.79 Å². The number of carboxylic acid groups (broad SMARTS) is 1. The van der Waals surface area contributed by atoms with Crippen LogP contribution in [0.25, 0.3) is 0 Å². The Morgan fingerprint density at radius 1 is 0.913 bits per heavy atom. The molecular weight excluding hydrogens is 296 g/mol. The molecule has 2 atom stereocenters. The number of unbranched alkanes of at least 4 members (excludes halogenated alkanes) is 9. The molecule has 3 N–H and O–H groups in total. The third-order valence-electron chi connectivity index (χ3n) is 4.27. The summed E-state index contributed by atoms with van der Waals surface area (Å²) in [6.45, 7) is 3.48. The van der Waals surface area contributed by atoms with Crippen molar-refractivity contribution in [3.63, 3.8) is 0 Å². The zero-order valence-corrected chi connectivity index (χ0v) is 14.7. The van der Waals surface area contributed by atoms with E-state index in [1.54, 1.807) is 0 Å². The molecule has 0 spiro atoms. The predicted molar refractivity (Wildman–Crippen MR) is 90.4 cm³/mol. The summed E-state index contributed by atoms with van der Waals surface area (Å²) >= 11 is 0. The highest BCUT2D eigenvalue weighted by atomic mass is 16.4. The molecule has 0 aliphatic rings. The van der Waals surface area contributed by atoms with Crippen LogP contribution in [-0.4, -0.2) is 38.8 Å². The van der Waals surface area contributed by atoms with Crippen molar-refractivity contribution < 1.29 is 24.9 Å². The van der Waals surface area contributed by atoms with E-state index >= 15 is 0 Å². The van der Waals surface area contributed by atoms with Gasteiger partial charge in [0.25, 0.3) is 0 Å². The SMILES string of the molecule is CCCCCCCCCCCCC(O)(CC(=O)C(C)O)C(=O)O. The molecule has 0 aliphatic carbocycles. The monoisotopic (exact) mass is 330 g/mol. The molecule has 0 aromatic carbocycles. The van der Waals surface area contributed by atoms with E-state index < -0.39 is 29.9 Å². The fraction of sp³-hybridized carbons (Fsp3) is 0.889. The third-order valence-corrected chi connectivity index (χ3v) is 4.27. The first-order valence-corrected chi connectivity index (χ1v) is 9.00. The van der Waals surface area contributed by atoms with Crippen LogP contribution in [0.1, 0.15) is 90.9 Å². The molecule has 5 nitrogen and oxygen atoms in total. The average molecular weight is 330 g/mol. The number of aliphatic hydroxyl groups is 2. The molecule has 23 heavy (non-hydrogen) atoms. The lowest BCUT2D eigenvalue weighted by atomic mass is 9.89. The fourth-order valence-electron chi connectivity index (χ4n) is 2.61. The zero-order valence-electron chi connectivity index (χ0n) is 14.7. The van der Waals surface area contributed by atoms with Gasteiger partial charge in [-0.25, -0.2) is 4.79 Å². The second-order valence-corrected chi connectivity index (χ2v) is 6.59. The Morgan fingerprint density at radius 2 is 1.35 bits per heavy atom. The lowest BCUT2D eigenvalue weighted by Gasteiger charge is -2.23. The number of aliphatic carboxylic acids is 1. The van der Waals surface area contributed by atoms with Crippen molar-refractivity contribution in [2.24, 2.45) is 0 Å². The normalized spacial score (nSPS) is 15.1. The molecule has 0 radical (unpaired) electrons. The van der Waals surface area contributed by atoms with E-state index in [0.717, 1.165) is 19.3 Å². The topological polar surface area (TPSA) is 94.8 Å². The highest BCUT2D eigenvalue weighted by Crippen LogP contribution is 2.22. The van der Waals surface area contributed by atoms with E-state index in [0.29, 0.717) is 6.42 Å². The largest absolute Gasteiger partial charge is 0.479 e. The van der Waals surface area contributed by atoms with Crippen LogP contribution in [0.15, 0.2) is 0 Å². The number of carboxylic acids is 1. The van der Waals surface area contributed by atoms with Gasteiger partial charge in [0, 0.05) is 6.42 Å². The maximum absolute atomic E-state index is 11.5. The molecule has 0 bridgehead atoms. The first-order valence-electron chi connectivity index (χ1n) is 9.00. The van der Waals surface area contributed by atoms with Crippen LogP contribution < -0.4 is 0 Å². The van der Waals surface area contributed by atoms with E-state index in [2.05, 4.69) is 6.92 Å². The van der Waals surface area contributed by atoms with Crippen molar-refractivity contribution in [2.75, 3.05) is 0 Å². The van der Waals surface area contributed by atoms with Gasteiger partial charge in [-0.15, -0.1) is 0 Å². The Balaban J connectivity index is 3.85. The molecule has 0 amide bonds. The highest BCUT2D eigenvalue weighted by Gasteiger charge is 2.38. The summed E-state index contributed by atoms with van der Waals surface area (Å²) in [6.07, 6.45) is 9.46. The lowest BCUT2D eigenvalue weighted by molar-refractivity contribution is -0.163. The number of rotatable bonds is 15. The van der Waals surface area contributed by atoms with E-state index in [4.69, 9.17) is 10.2 Å². The summed E-state index contributed by atoms with van der Waals surface area (Å²) in [6, 6.07) is 0. The van der Waals surface area contributed by atoms with Gasteiger partial charge in [0.15, 0.2) is 11.4 Å². The molecule has 0 aromatic heterocycles. The maximum atomic E-state index is 11.5. The number of hydrogen-bond donors (Lipinski definition) is 3. The summed E-state index contributed by atoms with van der Waals surface area (Å²) in [7, 11) is 0. The van der Waals surface area contributed by atoms with Crippen LogP contribution in [0.2, 0.25) is 0 Å². The van der Waals surface area contributed by atoms with Gasteiger partial charge in [-0.1, -0.05) is 64.7 Å². The molecule has 5 heteroatoms. The number of carbonyl (C=O) groups is 2. The number of aliphatic hydroxyl groups excluding tert-OH is 1. The third kappa shape index (κ3) is 10.4. The average Bonchev–Trinajstić information content (AvgIpc) is 2.48. The standard InChI is InChI=1S/C18H34O5/c1-3-4-5-6-7-8-9-10-11-12-13-18(23,17(21)22)14-16(20)15(2)19/h15,19,23H,3-14H2,1-2H3,(H,21,22). The summed E-state index contributed by atoms with van der Waals surface area (Å²) in [5, 5.41) is 28.4. The summed E-state index contributed by atoms with van der Waals surface area (Å²) in [5.41, 5.74) is -2.05. The minimum absolute atomic E-state index is 0.0529. The summed E-state index contributed by atoms with van der Waals surface area (Å²) < 4.78 is 0. The van der Waals surface area contributed by atoms with Crippen molar-refractivity contribution >= 4 is 11.8 Å². The van der Waals surface area contributed by atoms with Gasteiger partial charge in [0.2, 0.25) is 0 Å². The molecule has 0 aromatic rings. The zero-order chi connectivity index (χ0) is 17.7. The van der Waals surface area contributed by atoms with Gasteiger partial charge >= 0.3 is 5.97 Å². The Kier molecular flexibility index (Phi) is 12.0. The van der Waals surface area contributed by atoms with Crippen LogP contribution >= 0.6 is 0 Å². The molecule has 0 saturated carbocycles. The van der Waals surface area contributed by atoms with Crippen LogP contribution in [0.3, 0.4) is 0 Å². The number of ketones is 1. The Bertz CT molecular complexity index is 340. The molecule has 0 saturated heterocycles. The van der Waals surface area contributed by atoms with E-state index in [9.17, 15) is 14.7 Å². The van der Waals surface area contributed by atoms with Crippen LogP contribution in [-0.2, 0) is 9.59 Å². The van der Waals surface area contributed by atoms with E-state index in [1.807, 2.05) is 0 Å². The van der Waals surface area contributed by atoms with Gasteiger partial charge in [0.1, 0.15) is 6.10 Å². The second kappa shape index (κ2) is 12.5. The Hall–Kier alpha value is -0.940. The highest BCUT2D eigenvalue weighted by molar-refractivity contribution is 5.89. The van der Waals surface area contributed by atoms with Crippen molar-refractivity contribution in [2.45, 2.75) is 103 Å².